The number of allylic oxidation sites excluding steroid dienone is 3. The molecule has 4 heteroatoms. The fraction of sp³-hybridized carbons (Fsp3) is 0.238. The molecule has 0 radical (unpaired) electrons. The molecule has 0 spiro atoms. The lowest BCUT2D eigenvalue weighted by atomic mass is 10.0. The Hall–Kier alpha value is -2.88. The van der Waals surface area contributed by atoms with Gasteiger partial charge in [0.05, 0.1) is 5.92 Å². The third kappa shape index (κ3) is 4.15. The topological polar surface area (TPSA) is 62.2 Å². The molecule has 1 fully saturated rings. The molecule has 2 atom stereocenters. The molecular weight excluding hydrogens is 312 g/mol. The van der Waals surface area contributed by atoms with Gasteiger partial charge in [-0.1, -0.05) is 43.0 Å². The van der Waals surface area contributed by atoms with E-state index in [1.54, 1.807) is 12.3 Å². The van der Waals surface area contributed by atoms with Crippen LogP contribution in [0.15, 0.2) is 61.3 Å². The van der Waals surface area contributed by atoms with Crippen molar-refractivity contribution in [3.8, 4) is 0 Å². The number of hydrogen-bond donors (Lipinski definition) is 2. The summed E-state index contributed by atoms with van der Waals surface area (Å²) in [6.07, 6.45) is 6.28. The van der Waals surface area contributed by atoms with Gasteiger partial charge in [-0.05, 0) is 53.7 Å². The molecule has 0 saturated heterocycles. The molecule has 1 aliphatic carbocycles. The Morgan fingerprint density at radius 2 is 2.24 bits per heavy atom. The van der Waals surface area contributed by atoms with Gasteiger partial charge in [0.2, 0.25) is 0 Å². The fourth-order valence-corrected chi connectivity index (χ4v) is 2.96. The summed E-state index contributed by atoms with van der Waals surface area (Å²) < 4.78 is 0. The highest BCUT2D eigenvalue weighted by molar-refractivity contribution is 5.75. The van der Waals surface area contributed by atoms with Crippen LogP contribution in [0.4, 0.5) is 5.82 Å². The predicted molar refractivity (Wildman–Crippen MR) is 100 cm³/mol. The van der Waals surface area contributed by atoms with Crippen LogP contribution in [0, 0.1) is 5.92 Å². The zero-order valence-electron chi connectivity index (χ0n) is 14.3. The number of rotatable bonds is 7. The van der Waals surface area contributed by atoms with Crippen molar-refractivity contribution >= 4 is 17.4 Å². The Kier molecular flexibility index (Phi) is 4.98. The van der Waals surface area contributed by atoms with Crippen LogP contribution < -0.4 is 5.32 Å². The number of carboxylic acids is 1. The highest BCUT2D eigenvalue weighted by Gasteiger charge is 2.44. The summed E-state index contributed by atoms with van der Waals surface area (Å²) in [5.74, 6) is -0.0431. The summed E-state index contributed by atoms with van der Waals surface area (Å²) >= 11 is 0. The zero-order valence-corrected chi connectivity index (χ0v) is 14.3. The molecule has 0 bridgehead atoms. The van der Waals surface area contributed by atoms with E-state index < -0.39 is 5.97 Å². The van der Waals surface area contributed by atoms with Crippen LogP contribution in [0.5, 0.6) is 0 Å². The highest BCUT2D eigenvalue weighted by atomic mass is 16.4. The number of carbonyl (C=O) groups is 1. The van der Waals surface area contributed by atoms with E-state index in [0.29, 0.717) is 13.0 Å². The number of nitrogens with one attached hydrogen (secondary N) is 1. The minimum absolute atomic E-state index is 0.121. The number of pyridine rings is 1. The molecule has 1 heterocycles. The normalized spacial score (nSPS) is 19.3. The van der Waals surface area contributed by atoms with Gasteiger partial charge in [-0.3, -0.25) is 4.79 Å². The minimum Gasteiger partial charge on any atom is -0.481 e. The van der Waals surface area contributed by atoms with Gasteiger partial charge in [-0.25, -0.2) is 4.98 Å². The minimum atomic E-state index is -0.715. The molecule has 2 unspecified atom stereocenters. The van der Waals surface area contributed by atoms with Crippen LogP contribution in [-0.4, -0.2) is 16.1 Å². The smallest absolute Gasteiger partial charge is 0.307 e. The molecule has 1 aromatic carbocycles. The van der Waals surface area contributed by atoms with E-state index in [4.69, 9.17) is 5.11 Å². The monoisotopic (exact) mass is 334 g/mol. The zero-order chi connectivity index (χ0) is 17.8. The first-order valence-electron chi connectivity index (χ1n) is 8.39. The Balaban J connectivity index is 1.61. The van der Waals surface area contributed by atoms with E-state index in [1.807, 2.05) is 24.3 Å². The van der Waals surface area contributed by atoms with Crippen molar-refractivity contribution < 1.29 is 9.90 Å². The fourth-order valence-electron chi connectivity index (χ4n) is 2.96. The summed E-state index contributed by atoms with van der Waals surface area (Å²) in [7, 11) is 0. The summed E-state index contributed by atoms with van der Waals surface area (Å²) in [6, 6.07) is 12.2. The lowest BCUT2D eigenvalue weighted by Gasteiger charge is -2.09. The standard InChI is InChI=1S/C21H22N2O2/c1-3-5-14(2)16-7-4-6-15(10-16)12-22-20-9-8-17(13-23-20)18-11-19(18)21(24)25/h3-10,13,18-19H,1,11-12H2,2H3,(H,22,23)(H,24,25)/b14-5+. The number of benzene rings is 1. The van der Waals surface area contributed by atoms with Gasteiger partial charge in [0, 0.05) is 12.7 Å². The lowest BCUT2D eigenvalue weighted by Crippen LogP contribution is -2.02. The first-order chi connectivity index (χ1) is 12.1. The molecule has 1 saturated carbocycles. The van der Waals surface area contributed by atoms with Gasteiger partial charge in [-0.2, -0.15) is 0 Å². The number of nitrogens with zero attached hydrogens (tertiary/aromatic N) is 1. The van der Waals surface area contributed by atoms with Crippen molar-refractivity contribution in [2.45, 2.75) is 25.8 Å². The van der Waals surface area contributed by atoms with Crippen molar-refractivity contribution in [3.05, 3.63) is 78.0 Å². The van der Waals surface area contributed by atoms with Gasteiger partial charge in [0.1, 0.15) is 5.82 Å². The van der Waals surface area contributed by atoms with Gasteiger partial charge in [0.25, 0.3) is 0 Å². The number of anilines is 1. The van der Waals surface area contributed by atoms with Crippen LogP contribution in [0.2, 0.25) is 0 Å². The molecule has 4 nitrogen and oxygen atoms in total. The first kappa shape index (κ1) is 17.0. The van der Waals surface area contributed by atoms with Crippen LogP contribution >= 0.6 is 0 Å². The third-order valence-corrected chi connectivity index (χ3v) is 4.55. The SMILES string of the molecule is C=C/C=C(\C)c1cccc(CNc2ccc(C3CC3C(=O)O)cn2)c1. The molecule has 0 aliphatic heterocycles. The largest absolute Gasteiger partial charge is 0.481 e. The van der Waals surface area contributed by atoms with E-state index in [1.165, 1.54) is 16.7 Å². The van der Waals surface area contributed by atoms with Crippen LogP contribution in [0.25, 0.3) is 5.57 Å². The van der Waals surface area contributed by atoms with Gasteiger partial charge >= 0.3 is 5.97 Å². The molecule has 0 amide bonds. The van der Waals surface area contributed by atoms with E-state index in [0.717, 1.165) is 11.4 Å². The van der Waals surface area contributed by atoms with E-state index in [2.05, 4.69) is 42.0 Å². The van der Waals surface area contributed by atoms with E-state index >= 15 is 0 Å². The van der Waals surface area contributed by atoms with Crippen molar-refractivity contribution in [1.29, 1.82) is 0 Å². The van der Waals surface area contributed by atoms with Crippen molar-refractivity contribution in [2.75, 3.05) is 5.32 Å². The maximum absolute atomic E-state index is 10.9. The van der Waals surface area contributed by atoms with Gasteiger partial charge in [0.15, 0.2) is 0 Å². The molecule has 3 rings (SSSR count). The van der Waals surface area contributed by atoms with Gasteiger partial charge in [-0.15, -0.1) is 0 Å². The van der Waals surface area contributed by atoms with Crippen LogP contribution in [-0.2, 0) is 11.3 Å². The predicted octanol–water partition coefficient (Wildman–Crippen LogP) is 4.47. The Labute approximate surface area is 147 Å². The summed E-state index contributed by atoms with van der Waals surface area (Å²) in [4.78, 5) is 15.4. The second-order valence-corrected chi connectivity index (χ2v) is 6.40. The summed E-state index contributed by atoms with van der Waals surface area (Å²) in [6.45, 7) is 6.48. The Morgan fingerprint density at radius 3 is 2.88 bits per heavy atom. The maximum atomic E-state index is 10.9. The molecule has 25 heavy (non-hydrogen) atoms. The van der Waals surface area contributed by atoms with E-state index in [-0.39, 0.29) is 11.8 Å². The number of carboxylic acid groups (broad SMARTS) is 1. The number of aliphatic carboxylic acids is 1. The van der Waals surface area contributed by atoms with Crippen molar-refractivity contribution in [2.24, 2.45) is 5.92 Å². The van der Waals surface area contributed by atoms with Crippen LogP contribution in [0.1, 0.15) is 36.0 Å². The lowest BCUT2D eigenvalue weighted by molar-refractivity contribution is -0.138. The van der Waals surface area contributed by atoms with Crippen molar-refractivity contribution in [3.63, 3.8) is 0 Å². The molecule has 2 N–H and O–H groups in total. The molecular formula is C21H22N2O2. The quantitative estimate of drug-likeness (QED) is 0.733. The van der Waals surface area contributed by atoms with Gasteiger partial charge < -0.3 is 10.4 Å². The second-order valence-electron chi connectivity index (χ2n) is 6.40. The number of hydrogen-bond acceptors (Lipinski definition) is 3. The average Bonchev–Trinajstić information content (AvgIpc) is 3.42. The highest BCUT2D eigenvalue weighted by Crippen LogP contribution is 2.47. The molecule has 1 aromatic heterocycles. The van der Waals surface area contributed by atoms with Crippen molar-refractivity contribution in [1.82, 2.24) is 4.98 Å². The van der Waals surface area contributed by atoms with Crippen LogP contribution in [0.3, 0.4) is 0 Å². The van der Waals surface area contributed by atoms with E-state index in [9.17, 15) is 4.79 Å². The Morgan fingerprint density at radius 1 is 1.40 bits per heavy atom. The molecule has 128 valence electrons. The third-order valence-electron chi connectivity index (χ3n) is 4.55. The summed E-state index contributed by atoms with van der Waals surface area (Å²) in [5.41, 5.74) is 4.53. The summed E-state index contributed by atoms with van der Waals surface area (Å²) in [5, 5.41) is 12.3. The maximum Gasteiger partial charge on any atom is 0.307 e. The Bertz CT molecular complexity index is 809. The average molecular weight is 334 g/mol. The number of aromatic nitrogens is 1. The first-order valence-corrected chi connectivity index (χ1v) is 8.39. The second kappa shape index (κ2) is 7.34. The molecule has 2 aromatic rings. The molecule has 1 aliphatic rings.